The van der Waals surface area contributed by atoms with E-state index in [4.69, 9.17) is 23.1 Å². The Hall–Kier alpha value is -0.336. The molecule has 10 heteroatoms. The number of nitrogens with one attached hydrogen (secondary N) is 1. The van der Waals surface area contributed by atoms with Crippen molar-refractivity contribution in [1.29, 1.82) is 0 Å². The summed E-state index contributed by atoms with van der Waals surface area (Å²) < 4.78 is 31.0. The molecule has 1 aliphatic heterocycles. The molecule has 1 fully saturated rings. The maximum absolute atomic E-state index is 12.3. The second-order valence-electron chi connectivity index (χ2n) is 9.05. The number of aliphatic hydroxyl groups excluding tert-OH is 1. The SMILES string of the molecule is CC[Si](CC)(CC)O[C@@H]1[C@@H](NC(C)=O)[C@H](COCOC)O[C@H](CO)[C@@H]1O[Si](CC)(CC)CC. The van der Waals surface area contributed by atoms with Crippen molar-refractivity contribution in [3.63, 3.8) is 0 Å². The number of methoxy groups -OCH3 is 1. The van der Waals surface area contributed by atoms with E-state index in [1.54, 1.807) is 7.11 Å². The molecule has 0 aromatic heterocycles. The van der Waals surface area contributed by atoms with Gasteiger partial charge in [-0.05, 0) is 36.3 Å². The number of hydrogen-bond donors (Lipinski definition) is 2. The van der Waals surface area contributed by atoms with Gasteiger partial charge in [0.2, 0.25) is 5.91 Å². The number of hydrogen-bond acceptors (Lipinski definition) is 7. The molecule has 0 aliphatic carbocycles. The van der Waals surface area contributed by atoms with Gasteiger partial charge in [0.05, 0.1) is 25.4 Å². The third-order valence-electron chi connectivity index (χ3n) is 7.47. The molecule has 0 saturated carbocycles. The van der Waals surface area contributed by atoms with E-state index in [0.717, 1.165) is 36.3 Å². The molecule has 0 aromatic carbocycles. The molecule has 1 amide bonds. The van der Waals surface area contributed by atoms with Crippen molar-refractivity contribution in [3.05, 3.63) is 0 Å². The first-order chi connectivity index (χ1) is 15.7. The lowest BCUT2D eigenvalue weighted by molar-refractivity contribution is -0.204. The lowest BCUT2D eigenvalue weighted by Crippen LogP contribution is -2.69. The number of carbonyl (C=O) groups excluding carboxylic acids is 1. The Morgan fingerprint density at radius 3 is 1.76 bits per heavy atom. The molecule has 0 bridgehead atoms. The maximum Gasteiger partial charge on any atom is 0.217 e. The molecule has 0 radical (unpaired) electrons. The minimum Gasteiger partial charge on any atom is -0.409 e. The predicted octanol–water partition coefficient (Wildman–Crippen LogP) is 3.65. The number of aliphatic hydroxyl groups is 1. The van der Waals surface area contributed by atoms with Crippen LogP contribution in [0.2, 0.25) is 36.3 Å². The van der Waals surface area contributed by atoms with Crippen LogP contribution in [0.3, 0.4) is 0 Å². The highest BCUT2D eigenvalue weighted by atomic mass is 28.4. The monoisotopic (exact) mass is 507 g/mol. The molecule has 5 atom stereocenters. The fourth-order valence-electron chi connectivity index (χ4n) is 4.82. The van der Waals surface area contributed by atoms with Gasteiger partial charge in [-0.25, -0.2) is 0 Å². The Kier molecular flexibility index (Phi) is 13.9. The molecule has 1 rings (SSSR count). The van der Waals surface area contributed by atoms with Crippen molar-refractivity contribution in [3.8, 4) is 0 Å². The zero-order valence-corrected chi connectivity index (χ0v) is 24.1. The molecule has 33 heavy (non-hydrogen) atoms. The highest BCUT2D eigenvalue weighted by Gasteiger charge is 2.52. The number of carbonyl (C=O) groups is 1. The van der Waals surface area contributed by atoms with Crippen molar-refractivity contribution >= 4 is 22.5 Å². The van der Waals surface area contributed by atoms with Crippen molar-refractivity contribution in [2.75, 3.05) is 27.1 Å². The Morgan fingerprint density at radius 1 is 0.879 bits per heavy atom. The highest BCUT2D eigenvalue weighted by molar-refractivity contribution is 6.74. The highest BCUT2D eigenvalue weighted by Crippen LogP contribution is 2.35. The van der Waals surface area contributed by atoms with Crippen LogP contribution >= 0.6 is 0 Å². The first kappa shape index (κ1) is 30.7. The van der Waals surface area contributed by atoms with E-state index < -0.39 is 47.1 Å². The van der Waals surface area contributed by atoms with E-state index in [0.29, 0.717) is 0 Å². The third kappa shape index (κ3) is 8.10. The van der Waals surface area contributed by atoms with Gasteiger partial charge in [-0.2, -0.15) is 0 Å². The van der Waals surface area contributed by atoms with Gasteiger partial charge in [0.1, 0.15) is 25.1 Å². The quantitative estimate of drug-likeness (QED) is 0.187. The first-order valence-corrected chi connectivity index (χ1v) is 17.8. The van der Waals surface area contributed by atoms with Crippen molar-refractivity contribution < 1.29 is 33.0 Å². The smallest absolute Gasteiger partial charge is 0.217 e. The Bertz CT molecular complexity index is 544. The van der Waals surface area contributed by atoms with Crippen LogP contribution in [-0.4, -0.2) is 85.2 Å². The summed E-state index contributed by atoms with van der Waals surface area (Å²) in [4.78, 5) is 12.3. The second kappa shape index (κ2) is 14.9. The summed E-state index contributed by atoms with van der Waals surface area (Å²) in [7, 11) is -2.56. The maximum atomic E-state index is 12.3. The van der Waals surface area contributed by atoms with Crippen molar-refractivity contribution in [1.82, 2.24) is 5.32 Å². The molecule has 1 heterocycles. The molecule has 0 aromatic rings. The van der Waals surface area contributed by atoms with Crippen LogP contribution in [0.25, 0.3) is 0 Å². The standard InChI is InChI=1S/C23H49NO7Si2/c1-9-32(10-2,11-3)30-22-19(15-25)29-20(16-28-17-27-8)21(24-18(7)26)23(22)31-33(12-4,13-5)14-6/h19-23,25H,9-17H2,1-8H3,(H,24,26)/t19-,20+,21+,22+,23-/m1/s1. The van der Waals surface area contributed by atoms with Crippen LogP contribution in [-0.2, 0) is 27.9 Å². The van der Waals surface area contributed by atoms with Gasteiger partial charge in [-0.1, -0.05) is 41.5 Å². The van der Waals surface area contributed by atoms with E-state index in [2.05, 4.69) is 46.9 Å². The molecule has 1 saturated heterocycles. The number of ether oxygens (including phenoxy) is 3. The summed E-state index contributed by atoms with van der Waals surface area (Å²) in [6.45, 7) is 14.8. The van der Waals surface area contributed by atoms with E-state index >= 15 is 0 Å². The third-order valence-corrected chi connectivity index (χ3v) is 16.7. The Labute approximate surface area is 203 Å². The molecular formula is C23H49NO7Si2. The summed E-state index contributed by atoms with van der Waals surface area (Å²) in [6.07, 6.45) is -1.90. The van der Waals surface area contributed by atoms with Crippen LogP contribution in [0.15, 0.2) is 0 Å². The van der Waals surface area contributed by atoms with Gasteiger partial charge in [-0.3, -0.25) is 4.79 Å². The molecule has 0 unspecified atom stereocenters. The molecule has 0 spiro atoms. The molecule has 2 N–H and O–H groups in total. The van der Waals surface area contributed by atoms with Crippen LogP contribution in [0, 0.1) is 0 Å². The lowest BCUT2D eigenvalue weighted by atomic mass is 9.93. The average molecular weight is 508 g/mol. The first-order valence-electron chi connectivity index (χ1n) is 12.7. The van der Waals surface area contributed by atoms with E-state index in [1.807, 2.05) is 0 Å². The van der Waals surface area contributed by atoms with Crippen molar-refractivity contribution in [2.45, 2.75) is 115 Å². The van der Waals surface area contributed by atoms with Gasteiger partial charge in [0.15, 0.2) is 16.6 Å². The summed E-state index contributed by atoms with van der Waals surface area (Å²) >= 11 is 0. The summed E-state index contributed by atoms with van der Waals surface area (Å²) in [5.41, 5.74) is 0. The number of amides is 1. The molecule has 1 aliphatic rings. The van der Waals surface area contributed by atoms with Gasteiger partial charge in [-0.15, -0.1) is 0 Å². The van der Waals surface area contributed by atoms with Crippen LogP contribution < -0.4 is 5.32 Å². The van der Waals surface area contributed by atoms with Gasteiger partial charge < -0.3 is 33.5 Å². The summed E-state index contributed by atoms with van der Waals surface area (Å²) in [5, 5.41) is 13.4. The predicted molar refractivity (Wildman–Crippen MR) is 135 cm³/mol. The van der Waals surface area contributed by atoms with E-state index in [1.165, 1.54) is 6.92 Å². The molecular weight excluding hydrogens is 458 g/mol. The zero-order chi connectivity index (χ0) is 25.1. The van der Waals surface area contributed by atoms with Crippen LogP contribution in [0.4, 0.5) is 0 Å². The topological polar surface area (TPSA) is 95.5 Å². The lowest BCUT2D eigenvalue weighted by Gasteiger charge is -2.51. The van der Waals surface area contributed by atoms with Crippen molar-refractivity contribution in [2.24, 2.45) is 0 Å². The van der Waals surface area contributed by atoms with Crippen LogP contribution in [0.5, 0.6) is 0 Å². The van der Waals surface area contributed by atoms with E-state index in [9.17, 15) is 9.90 Å². The number of rotatable bonds is 16. The Morgan fingerprint density at radius 2 is 1.36 bits per heavy atom. The van der Waals surface area contributed by atoms with Gasteiger partial charge >= 0.3 is 0 Å². The van der Waals surface area contributed by atoms with Gasteiger partial charge in [0, 0.05) is 14.0 Å². The molecule has 196 valence electrons. The summed E-state index contributed by atoms with van der Waals surface area (Å²) in [6, 6.07) is 5.41. The Balaban J connectivity index is 3.50. The average Bonchev–Trinajstić information content (AvgIpc) is 2.83. The minimum atomic E-state index is -2.07. The zero-order valence-electron chi connectivity index (χ0n) is 22.1. The second-order valence-corrected chi connectivity index (χ2v) is 18.5. The van der Waals surface area contributed by atoms with Crippen LogP contribution in [0.1, 0.15) is 48.5 Å². The molecule has 8 nitrogen and oxygen atoms in total. The largest absolute Gasteiger partial charge is 0.409 e. The fraction of sp³-hybridized carbons (Fsp3) is 0.957. The normalized spacial score (nSPS) is 26.4. The van der Waals surface area contributed by atoms with E-state index in [-0.39, 0.29) is 25.9 Å². The summed E-state index contributed by atoms with van der Waals surface area (Å²) in [5.74, 6) is -0.156. The van der Waals surface area contributed by atoms with Gasteiger partial charge in [0.25, 0.3) is 0 Å². The minimum absolute atomic E-state index is 0.122. The fourth-order valence-corrected chi connectivity index (χ4v) is 10.5.